The zero-order valence-corrected chi connectivity index (χ0v) is 14.0. The molecule has 3 rings (SSSR count). The van der Waals surface area contributed by atoms with Crippen LogP contribution in [0.5, 0.6) is 0 Å². The highest BCUT2D eigenvalue weighted by Gasteiger charge is 2.20. The van der Waals surface area contributed by atoms with E-state index in [0.29, 0.717) is 17.5 Å². The number of pyridine rings is 1. The molecule has 0 aliphatic heterocycles. The van der Waals surface area contributed by atoms with E-state index in [1.807, 2.05) is 0 Å². The molecule has 10 heteroatoms. The van der Waals surface area contributed by atoms with Crippen LogP contribution >= 0.6 is 0 Å². The highest BCUT2D eigenvalue weighted by molar-refractivity contribution is 7.77. The summed E-state index contributed by atoms with van der Waals surface area (Å²) in [5.74, 6) is -3.22. The van der Waals surface area contributed by atoms with Crippen molar-refractivity contribution in [1.29, 1.82) is 0 Å². The van der Waals surface area contributed by atoms with Crippen LogP contribution in [0, 0.1) is 11.6 Å². The molecular formula is C16H12F2N3O4S-. The molecule has 2 aromatic heterocycles. The number of fused-ring (bicyclic) bond motifs is 1. The maximum Gasteiger partial charge on any atom is 0.247 e. The van der Waals surface area contributed by atoms with Gasteiger partial charge in [0.1, 0.15) is 11.2 Å². The Labute approximate surface area is 148 Å². The number of ketones is 1. The number of rotatable bonds is 7. The first kappa shape index (κ1) is 18.2. The van der Waals surface area contributed by atoms with Crippen LogP contribution in [0.3, 0.4) is 0 Å². The lowest BCUT2D eigenvalue weighted by Crippen LogP contribution is -2.18. The van der Waals surface area contributed by atoms with Crippen LogP contribution in [-0.2, 0) is 17.7 Å². The third-order valence-corrected chi connectivity index (χ3v) is 4.06. The van der Waals surface area contributed by atoms with Crippen molar-refractivity contribution in [3.63, 3.8) is 0 Å². The van der Waals surface area contributed by atoms with Crippen LogP contribution < -0.4 is 4.72 Å². The molecule has 26 heavy (non-hydrogen) atoms. The first-order valence-electron chi connectivity index (χ1n) is 7.51. The third kappa shape index (κ3) is 3.98. The molecule has 1 atom stereocenters. The van der Waals surface area contributed by atoms with Gasteiger partial charge < -0.3 is 8.97 Å². The van der Waals surface area contributed by atoms with Crippen molar-refractivity contribution in [2.75, 3.05) is 6.54 Å². The van der Waals surface area contributed by atoms with Crippen LogP contribution in [0.25, 0.3) is 11.2 Å². The van der Waals surface area contributed by atoms with E-state index in [2.05, 4.69) is 14.7 Å². The van der Waals surface area contributed by atoms with Gasteiger partial charge in [0.15, 0.2) is 18.0 Å². The fraction of sp³-hybridized carbons (Fsp3) is 0.188. The Bertz CT molecular complexity index is 993. The molecule has 1 unspecified atom stereocenters. The number of carbonyl (C=O) groups is 1. The van der Waals surface area contributed by atoms with Gasteiger partial charge >= 0.3 is 0 Å². The van der Waals surface area contributed by atoms with Crippen molar-refractivity contribution in [2.45, 2.75) is 12.8 Å². The summed E-state index contributed by atoms with van der Waals surface area (Å²) in [6.07, 6.45) is 1.78. The average molecular weight is 380 g/mol. The standard InChI is InChI=1S/C16H13F2N3O4S/c17-11-7-9(2-1-5-20-26(23)24)6-10(14(11)18)15(22)12-3-4-13-16(21-12)25-8-19-13/h3-4,6-8,20H,1-2,5H2,(H,23,24)/p-1. The van der Waals surface area contributed by atoms with Crippen LogP contribution in [0.1, 0.15) is 28.0 Å². The monoisotopic (exact) mass is 380 g/mol. The SMILES string of the molecule is O=C(c1ccc2ncoc2n1)c1cc(CCCNS(=O)[O-])cc(F)c1F. The molecule has 0 radical (unpaired) electrons. The zero-order valence-electron chi connectivity index (χ0n) is 13.2. The summed E-state index contributed by atoms with van der Waals surface area (Å²) in [5, 5.41) is 0. The number of carbonyl (C=O) groups excluding carboxylic acids is 1. The fourth-order valence-corrected chi connectivity index (χ4v) is 2.73. The van der Waals surface area contributed by atoms with Crippen molar-refractivity contribution in [2.24, 2.45) is 0 Å². The minimum atomic E-state index is -2.39. The summed E-state index contributed by atoms with van der Waals surface area (Å²) >= 11 is -2.39. The summed E-state index contributed by atoms with van der Waals surface area (Å²) in [5.41, 5.74) is 0.362. The van der Waals surface area contributed by atoms with Crippen molar-refractivity contribution >= 4 is 28.3 Å². The summed E-state index contributed by atoms with van der Waals surface area (Å²) in [7, 11) is 0. The molecular weight excluding hydrogens is 368 g/mol. The second kappa shape index (κ2) is 7.77. The lowest BCUT2D eigenvalue weighted by Gasteiger charge is -2.09. The summed E-state index contributed by atoms with van der Waals surface area (Å²) in [4.78, 5) is 20.4. The maximum atomic E-state index is 14.1. The Morgan fingerprint density at radius 3 is 2.88 bits per heavy atom. The van der Waals surface area contributed by atoms with E-state index in [1.54, 1.807) is 0 Å². The fourth-order valence-electron chi connectivity index (χ4n) is 2.42. The van der Waals surface area contributed by atoms with Gasteiger partial charge in [-0.3, -0.25) is 9.00 Å². The Morgan fingerprint density at radius 1 is 1.31 bits per heavy atom. The van der Waals surface area contributed by atoms with Gasteiger partial charge in [0, 0.05) is 17.8 Å². The lowest BCUT2D eigenvalue weighted by atomic mass is 10.0. The van der Waals surface area contributed by atoms with Crippen molar-refractivity contribution in [3.05, 3.63) is 59.1 Å². The largest absolute Gasteiger partial charge is 0.760 e. The summed E-state index contributed by atoms with van der Waals surface area (Å²) < 4.78 is 56.0. The highest BCUT2D eigenvalue weighted by atomic mass is 32.2. The molecule has 0 spiro atoms. The number of nitrogens with one attached hydrogen (secondary N) is 1. The topological polar surface area (TPSA) is 108 Å². The predicted octanol–water partition coefficient (Wildman–Crippen LogP) is 2.05. The van der Waals surface area contributed by atoms with Crippen LogP contribution in [0.2, 0.25) is 0 Å². The Morgan fingerprint density at radius 2 is 2.12 bits per heavy atom. The van der Waals surface area contributed by atoms with Crippen LogP contribution in [0.15, 0.2) is 35.1 Å². The van der Waals surface area contributed by atoms with Gasteiger partial charge in [-0.25, -0.2) is 23.5 Å². The Kier molecular flexibility index (Phi) is 5.45. The van der Waals surface area contributed by atoms with E-state index in [-0.39, 0.29) is 24.4 Å². The zero-order chi connectivity index (χ0) is 18.7. The number of oxazole rings is 1. The number of hydrogen-bond acceptors (Lipinski definition) is 6. The number of benzene rings is 1. The first-order valence-corrected chi connectivity index (χ1v) is 8.59. The van der Waals surface area contributed by atoms with Crippen molar-refractivity contribution in [3.8, 4) is 0 Å². The van der Waals surface area contributed by atoms with E-state index < -0.39 is 34.2 Å². The molecule has 3 aromatic rings. The van der Waals surface area contributed by atoms with Crippen molar-refractivity contribution in [1.82, 2.24) is 14.7 Å². The third-order valence-electron chi connectivity index (χ3n) is 3.62. The number of hydrogen-bond donors (Lipinski definition) is 1. The van der Waals surface area contributed by atoms with E-state index in [9.17, 15) is 22.3 Å². The summed E-state index contributed by atoms with van der Waals surface area (Å²) in [6.45, 7) is 0.141. The highest BCUT2D eigenvalue weighted by Crippen LogP contribution is 2.20. The Balaban J connectivity index is 1.85. The molecule has 0 bridgehead atoms. The Hall–Kier alpha value is -2.56. The molecule has 0 saturated heterocycles. The van der Waals surface area contributed by atoms with Gasteiger partial charge in [0.25, 0.3) is 0 Å². The van der Waals surface area contributed by atoms with E-state index >= 15 is 0 Å². The molecule has 1 aromatic carbocycles. The van der Waals surface area contributed by atoms with Gasteiger partial charge in [-0.05, 0) is 42.7 Å². The maximum absolute atomic E-state index is 14.1. The first-order chi connectivity index (χ1) is 12.5. The molecule has 1 N–H and O–H groups in total. The molecule has 2 heterocycles. The molecule has 0 aliphatic carbocycles. The van der Waals surface area contributed by atoms with Gasteiger partial charge in [0.05, 0.1) is 5.56 Å². The van der Waals surface area contributed by atoms with Gasteiger partial charge in [0.2, 0.25) is 11.5 Å². The second-order valence-corrected chi connectivity index (χ2v) is 6.13. The predicted molar refractivity (Wildman–Crippen MR) is 86.8 cm³/mol. The second-order valence-electron chi connectivity index (χ2n) is 5.37. The number of aromatic nitrogens is 2. The molecule has 136 valence electrons. The van der Waals surface area contributed by atoms with Gasteiger partial charge in [-0.1, -0.05) is 0 Å². The minimum Gasteiger partial charge on any atom is -0.760 e. The van der Waals surface area contributed by atoms with Gasteiger partial charge in [-0.2, -0.15) is 0 Å². The summed E-state index contributed by atoms with van der Waals surface area (Å²) in [6, 6.07) is 5.06. The number of halogens is 2. The van der Waals surface area contributed by atoms with Crippen LogP contribution in [-0.4, -0.2) is 31.1 Å². The molecule has 0 aliphatic rings. The molecule has 7 nitrogen and oxygen atoms in total. The quantitative estimate of drug-likeness (QED) is 0.382. The minimum absolute atomic E-state index is 0.104. The average Bonchev–Trinajstić information content (AvgIpc) is 3.08. The van der Waals surface area contributed by atoms with E-state index in [4.69, 9.17) is 4.42 Å². The van der Waals surface area contributed by atoms with E-state index in [0.717, 1.165) is 12.5 Å². The number of nitrogens with zero attached hydrogens (tertiary/aromatic N) is 2. The smallest absolute Gasteiger partial charge is 0.247 e. The number of aryl methyl sites for hydroxylation is 1. The van der Waals surface area contributed by atoms with E-state index in [1.165, 1.54) is 18.2 Å². The molecule has 0 saturated carbocycles. The molecule has 0 fully saturated rings. The van der Waals surface area contributed by atoms with Gasteiger partial charge in [-0.15, -0.1) is 0 Å². The lowest BCUT2D eigenvalue weighted by molar-refractivity contribution is 0.102. The van der Waals surface area contributed by atoms with Crippen LogP contribution in [0.4, 0.5) is 8.78 Å². The van der Waals surface area contributed by atoms with Crippen molar-refractivity contribution < 1.29 is 26.8 Å². The normalized spacial score (nSPS) is 12.4. The molecule has 0 amide bonds.